The lowest BCUT2D eigenvalue weighted by atomic mass is 10.0. The Labute approximate surface area is 211 Å². The minimum atomic E-state index is -0.377. The van der Waals surface area contributed by atoms with Crippen LogP contribution >= 0.6 is 11.8 Å². The van der Waals surface area contributed by atoms with Gasteiger partial charge in [-0.05, 0) is 68.0 Å². The quantitative estimate of drug-likeness (QED) is 0.301. The zero-order valence-corrected chi connectivity index (χ0v) is 21.7. The minimum absolute atomic E-state index is 0.0654. The maximum atomic E-state index is 13.2. The fraction of sp³-hybridized carbons (Fsp3) is 0.286. The van der Waals surface area contributed by atoms with Crippen molar-refractivity contribution in [3.63, 3.8) is 0 Å². The van der Waals surface area contributed by atoms with E-state index in [0.717, 1.165) is 46.7 Å². The third kappa shape index (κ3) is 5.15. The third-order valence-electron chi connectivity index (χ3n) is 6.12. The van der Waals surface area contributed by atoms with Gasteiger partial charge in [0.1, 0.15) is 0 Å². The minimum Gasteiger partial charge on any atom is -0.325 e. The Balaban J connectivity index is 1.75. The van der Waals surface area contributed by atoms with Gasteiger partial charge in [-0.15, -0.1) is 10.2 Å². The maximum absolute atomic E-state index is 13.2. The first-order chi connectivity index (χ1) is 16.9. The highest BCUT2D eigenvalue weighted by Crippen LogP contribution is 2.34. The number of aryl methyl sites for hydroxylation is 4. The van der Waals surface area contributed by atoms with Crippen molar-refractivity contribution in [1.29, 1.82) is 0 Å². The molecular formula is C28H31N5OS. The van der Waals surface area contributed by atoms with Crippen LogP contribution in [0, 0.1) is 13.8 Å². The number of hydrogen-bond acceptors (Lipinski definition) is 5. The molecule has 0 spiro atoms. The molecule has 180 valence electrons. The van der Waals surface area contributed by atoms with E-state index in [2.05, 4.69) is 57.1 Å². The first-order valence-electron chi connectivity index (χ1n) is 11.9. The molecule has 0 radical (unpaired) electrons. The van der Waals surface area contributed by atoms with Crippen LogP contribution in [0.5, 0.6) is 0 Å². The summed E-state index contributed by atoms with van der Waals surface area (Å²) in [5, 5.41) is 12.5. The molecule has 4 aromatic rings. The largest absolute Gasteiger partial charge is 0.325 e. The summed E-state index contributed by atoms with van der Waals surface area (Å²) in [7, 11) is 0. The zero-order valence-electron chi connectivity index (χ0n) is 20.9. The van der Waals surface area contributed by atoms with Crippen molar-refractivity contribution >= 4 is 23.4 Å². The molecule has 0 saturated carbocycles. The Morgan fingerprint density at radius 3 is 2.23 bits per heavy atom. The molecule has 0 fully saturated rings. The first kappa shape index (κ1) is 24.7. The maximum Gasteiger partial charge on any atom is 0.237 e. The summed E-state index contributed by atoms with van der Waals surface area (Å²) in [5.41, 5.74) is 7.35. The number of aromatic nitrogens is 4. The van der Waals surface area contributed by atoms with E-state index in [9.17, 15) is 4.79 Å². The lowest BCUT2D eigenvalue weighted by molar-refractivity contribution is -0.115. The predicted molar refractivity (Wildman–Crippen MR) is 143 cm³/mol. The number of pyridine rings is 1. The number of thioether (sulfide) groups is 1. The third-order valence-corrected chi connectivity index (χ3v) is 7.17. The molecule has 6 nitrogen and oxygen atoms in total. The molecular weight excluding hydrogens is 454 g/mol. The molecule has 0 aliphatic heterocycles. The lowest BCUT2D eigenvalue weighted by Gasteiger charge is -2.19. The number of rotatable bonds is 8. The first-order valence-corrected chi connectivity index (χ1v) is 12.8. The van der Waals surface area contributed by atoms with E-state index in [-0.39, 0.29) is 11.2 Å². The van der Waals surface area contributed by atoms with Crippen LogP contribution in [0.25, 0.3) is 17.1 Å². The van der Waals surface area contributed by atoms with E-state index in [0.29, 0.717) is 5.16 Å². The average molecular weight is 486 g/mol. The van der Waals surface area contributed by atoms with Crippen molar-refractivity contribution in [3.8, 4) is 17.1 Å². The fourth-order valence-electron chi connectivity index (χ4n) is 4.18. The summed E-state index contributed by atoms with van der Waals surface area (Å²) in [6.45, 7) is 10.2. The number of benzene rings is 2. The normalized spacial score (nSPS) is 11.9. The predicted octanol–water partition coefficient (Wildman–Crippen LogP) is 6.19. The second kappa shape index (κ2) is 10.9. The topological polar surface area (TPSA) is 72.7 Å². The SMILES string of the molecule is CCc1cccc(CC)c1-n1c(S[C@H](C)C(=O)Nc2c(C)cccc2C)nnc1-c1cccnc1. The highest BCUT2D eigenvalue weighted by molar-refractivity contribution is 8.00. The van der Waals surface area contributed by atoms with E-state index in [1.165, 1.54) is 22.9 Å². The van der Waals surface area contributed by atoms with Gasteiger partial charge >= 0.3 is 0 Å². The summed E-state index contributed by atoms with van der Waals surface area (Å²) in [6, 6.07) is 16.3. The zero-order chi connectivity index (χ0) is 24.9. The van der Waals surface area contributed by atoms with Crippen LogP contribution in [0.15, 0.2) is 66.1 Å². The number of nitrogens with zero attached hydrogens (tertiary/aromatic N) is 4. The molecule has 35 heavy (non-hydrogen) atoms. The van der Waals surface area contributed by atoms with Crippen LogP contribution in [0.2, 0.25) is 0 Å². The van der Waals surface area contributed by atoms with Crippen molar-refractivity contribution in [3.05, 3.63) is 83.2 Å². The molecule has 0 saturated heterocycles. The Kier molecular flexibility index (Phi) is 7.66. The lowest BCUT2D eigenvalue weighted by Crippen LogP contribution is -2.24. The average Bonchev–Trinajstić information content (AvgIpc) is 3.28. The molecule has 0 unspecified atom stereocenters. The highest BCUT2D eigenvalue weighted by Gasteiger charge is 2.24. The van der Waals surface area contributed by atoms with Crippen LogP contribution < -0.4 is 5.32 Å². The van der Waals surface area contributed by atoms with Crippen LogP contribution in [0.1, 0.15) is 43.0 Å². The molecule has 0 aliphatic rings. The summed E-state index contributed by atoms with van der Waals surface area (Å²) in [6.07, 6.45) is 5.30. The molecule has 1 atom stereocenters. The standard InChI is InChI=1S/C28H31N5OS/c1-6-21-13-9-14-22(7-2)25(21)33-26(23-15-10-16-29-17-23)31-32-28(33)35-20(5)27(34)30-24-18(3)11-8-12-19(24)4/h8-17,20H,6-7H2,1-5H3,(H,30,34)/t20-/m1/s1. The van der Waals surface area contributed by atoms with Gasteiger partial charge in [0.25, 0.3) is 0 Å². The highest BCUT2D eigenvalue weighted by atomic mass is 32.2. The van der Waals surface area contributed by atoms with Crippen molar-refractivity contribution in [2.24, 2.45) is 0 Å². The van der Waals surface area contributed by atoms with Gasteiger partial charge in [-0.2, -0.15) is 0 Å². The molecule has 2 aromatic carbocycles. The smallest absolute Gasteiger partial charge is 0.237 e. The summed E-state index contributed by atoms with van der Waals surface area (Å²) < 4.78 is 2.10. The number of para-hydroxylation sites is 2. The van der Waals surface area contributed by atoms with E-state index in [1.807, 2.05) is 51.1 Å². The molecule has 7 heteroatoms. The molecule has 4 rings (SSSR count). The number of amides is 1. The van der Waals surface area contributed by atoms with Crippen molar-refractivity contribution in [2.75, 3.05) is 5.32 Å². The van der Waals surface area contributed by atoms with Crippen LogP contribution in [0.3, 0.4) is 0 Å². The van der Waals surface area contributed by atoms with Crippen LogP contribution in [-0.2, 0) is 17.6 Å². The Morgan fingerprint density at radius 2 is 1.63 bits per heavy atom. The van der Waals surface area contributed by atoms with Crippen molar-refractivity contribution in [1.82, 2.24) is 19.7 Å². The second-order valence-electron chi connectivity index (χ2n) is 8.53. The monoisotopic (exact) mass is 485 g/mol. The van der Waals surface area contributed by atoms with Gasteiger partial charge in [-0.3, -0.25) is 14.3 Å². The fourth-order valence-corrected chi connectivity index (χ4v) is 5.03. The molecule has 0 bridgehead atoms. The van der Waals surface area contributed by atoms with E-state index >= 15 is 0 Å². The number of carbonyl (C=O) groups excluding carboxylic acids is 1. The van der Waals surface area contributed by atoms with Gasteiger partial charge in [0.05, 0.1) is 10.9 Å². The van der Waals surface area contributed by atoms with Gasteiger partial charge in [-0.25, -0.2) is 0 Å². The van der Waals surface area contributed by atoms with Gasteiger partial charge in [-0.1, -0.05) is 62.0 Å². The molecule has 1 N–H and O–H groups in total. The summed E-state index contributed by atoms with van der Waals surface area (Å²) >= 11 is 1.41. The Hall–Kier alpha value is -3.45. The number of anilines is 1. The summed E-state index contributed by atoms with van der Waals surface area (Å²) in [4.78, 5) is 17.5. The molecule has 2 aromatic heterocycles. The molecule has 0 aliphatic carbocycles. The summed E-state index contributed by atoms with van der Waals surface area (Å²) in [5.74, 6) is 0.655. The van der Waals surface area contributed by atoms with Gasteiger partial charge in [0.15, 0.2) is 11.0 Å². The Morgan fingerprint density at radius 1 is 0.971 bits per heavy atom. The Bertz CT molecular complexity index is 1290. The molecule has 1 amide bonds. The van der Waals surface area contributed by atoms with Gasteiger partial charge < -0.3 is 5.32 Å². The van der Waals surface area contributed by atoms with Crippen molar-refractivity contribution < 1.29 is 4.79 Å². The van der Waals surface area contributed by atoms with Gasteiger partial charge in [0, 0.05) is 23.6 Å². The van der Waals surface area contributed by atoms with Crippen LogP contribution in [0.4, 0.5) is 5.69 Å². The second-order valence-corrected chi connectivity index (χ2v) is 9.84. The number of nitrogens with one attached hydrogen (secondary N) is 1. The van der Waals surface area contributed by atoms with E-state index in [4.69, 9.17) is 0 Å². The van der Waals surface area contributed by atoms with Crippen molar-refractivity contribution in [2.45, 2.75) is 57.9 Å². The van der Waals surface area contributed by atoms with Crippen LogP contribution in [-0.4, -0.2) is 30.9 Å². The van der Waals surface area contributed by atoms with E-state index < -0.39 is 0 Å². The number of carbonyl (C=O) groups is 1. The number of hydrogen-bond donors (Lipinski definition) is 1. The molecule has 2 heterocycles. The van der Waals surface area contributed by atoms with E-state index in [1.54, 1.807) is 12.4 Å². The van der Waals surface area contributed by atoms with Gasteiger partial charge in [0.2, 0.25) is 5.91 Å².